The van der Waals surface area contributed by atoms with Gasteiger partial charge in [0.2, 0.25) is 0 Å². The molecule has 1 aliphatic heterocycles. The SMILES string of the molecule is COc1cccc2c1CCNC2c1c(OC)cnn1C. The van der Waals surface area contributed by atoms with Crippen LogP contribution >= 0.6 is 0 Å². The van der Waals surface area contributed by atoms with Crippen LogP contribution in [0.2, 0.25) is 0 Å². The quantitative estimate of drug-likeness (QED) is 0.924. The van der Waals surface area contributed by atoms with E-state index in [-0.39, 0.29) is 6.04 Å². The van der Waals surface area contributed by atoms with E-state index < -0.39 is 0 Å². The number of hydrogen-bond donors (Lipinski definition) is 1. The van der Waals surface area contributed by atoms with Crippen LogP contribution < -0.4 is 14.8 Å². The van der Waals surface area contributed by atoms with Crippen LogP contribution in [-0.4, -0.2) is 30.5 Å². The second kappa shape index (κ2) is 5.17. The normalized spacial score (nSPS) is 17.6. The van der Waals surface area contributed by atoms with E-state index in [1.807, 2.05) is 23.9 Å². The molecule has 1 atom stereocenters. The fraction of sp³-hybridized carbons (Fsp3) is 0.400. The summed E-state index contributed by atoms with van der Waals surface area (Å²) in [5.74, 6) is 1.76. The molecule has 0 amide bonds. The molecule has 2 aromatic rings. The summed E-state index contributed by atoms with van der Waals surface area (Å²) in [7, 11) is 5.33. The highest BCUT2D eigenvalue weighted by Crippen LogP contribution is 2.36. The van der Waals surface area contributed by atoms with Crippen LogP contribution in [0.5, 0.6) is 11.5 Å². The van der Waals surface area contributed by atoms with E-state index in [1.165, 1.54) is 11.1 Å². The van der Waals surface area contributed by atoms with E-state index in [4.69, 9.17) is 9.47 Å². The van der Waals surface area contributed by atoms with Gasteiger partial charge in [-0.15, -0.1) is 0 Å². The van der Waals surface area contributed by atoms with Gasteiger partial charge in [0, 0.05) is 19.2 Å². The molecular formula is C15H19N3O2. The summed E-state index contributed by atoms with van der Waals surface area (Å²) in [5.41, 5.74) is 3.54. The van der Waals surface area contributed by atoms with Gasteiger partial charge in [-0.3, -0.25) is 4.68 Å². The first-order chi connectivity index (χ1) is 9.76. The molecule has 1 aromatic carbocycles. The number of fused-ring (bicyclic) bond motifs is 1. The number of nitrogens with one attached hydrogen (secondary N) is 1. The lowest BCUT2D eigenvalue weighted by Crippen LogP contribution is -2.32. The van der Waals surface area contributed by atoms with E-state index in [2.05, 4.69) is 16.5 Å². The van der Waals surface area contributed by atoms with Gasteiger partial charge in [-0.05, 0) is 18.1 Å². The van der Waals surface area contributed by atoms with Crippen LogP contribution in [0.25, 0.3) is 0 Å². The lowest BCUT2D eigenvalue weighted by molar-refractivity contribution is 0.391. The highest BCUT2D eigenvalue weighted by Gasteiger charge is 2.28. The van der Waals surface area contributed by atoms with Gasteiger partial charge in [0.1, 0.15) is 11.4 Å². The molecule has 0 saturated heterocycles. The Morgan fingerprint density at radius 1 is 1.25 bits per heavy atom. The van der Waals surface area contributed by atoms with Crippen LogP contribution in [0, 0.1) is 0 Å². The van der Waals surface area contributed by atoms with Crippen molar-refractivity contribution >= 4 is 0 Å². The molecule has 0 aliphatic carbocycles. The molecule has 1 unspecified atom stereocenters. The van der Waals surface area contributed by atoms with E-state index in [9.17, 15) is 0 Å². The second-order valence-electron chi connectivity index (χ2n) is 4.89. The standard InChI is InChI=1S/C15H19N3O2/c1-18-15(13(20-3)9-17-18)14-11-5-4-6-12(19-2)10(11)7-8-16-14/h4-6,9,14,16H,7-8H2,1-3H3. The molecule has 0 radical (unpaired) electrons. The molecule has 106 valence electrons. The van der Waals surface area contributed by atoms with Gasteiger partial charge in [-0.25, -0.2) is 0 Å². The van der Waals surface area contributed by atoms with Crippen molar-refractivity contribution in [2.75, 3.05) is 20.8 Å². The summed E-state index contributed by atoms with van der Waals surface area (Å²) >= 11 is 0. The van der Waals surface area contributed by atoms with Crippen molar-refractivity contribution in [2.24, 2.45) is 7.05 Å². The fourth-order valence-corrected chi connectivity index (χ4v) is 2.92. The lowest BCUT2D eigenvalue weighted by Gasteiger charge is -2.28. The van der Waals surface area contributed by atoms with Gasteiger partial charge < -0.3 is 14.8 Å². The number of ether oxygens (including phenoxy) is 2. The van der Waals surface area contributed by atoms with Crippen molar-refractivity contribution < 1.29 is 9.47 Å². The molecule has 1 aromatic heterocycles. The van der Waals surface area contributed by atoms with Crippen molar-refractivity contribution in [3.63, 3.8) is 0 Å². The zero-order chi connectivity index (χ0) is 14.1. The molecule has 3 rings (SSSR count). The lowest BCUT2D eigenvalue weighted by atomic mass is 9.91. The average molecular weight is 273 g/mol. The van der Waals surface area contributed by atoms with Crippen LogP contribution in [0.15, 0.2) is 24.4 Å². The van der Waals surface area contributed by atoms with Crippen LogP contribution in [0.3, 0.4) is 0 Å². The van der Waals surface area contributed by atoms with E-state index in [0.717, 1.165) is 30.2 Å². The molecule has 0 spiro atoms. The molecule has 2 heterocycles. The third kappa shape index (κ3) is 1.94. The maximum Gasteiger partial charge on any atom is 0.161 e. The monoisotopic (exact) mass is 273 g/mol. The molecular weight excluding hydrogens is 254 g/mol. The minimum atomic E-state index is 0.0799. The summed E-state index contributed by atoms with van der Waals surface area (Å²) in [5, 5.41) is 7.85. The Labute approximate surface area is 118 Å². The van der Waals surface area contributed by atoms with Crippen molar-refractivity contribution in [1.29, 1.82) is 0 Å². The Hall–Kier alpha value is -2.01. The summed E-state index contributed by atoms with van der Waals surface area (Å²) in [6.07, 6.45) is 2.72. The number of methoxy groups -OCH3 is 2. The second-order valence-corrected chi connectivity index (χ2v) is 4.89. The topological polar surface area (TPSA) is 48.3 Å². The number of nitrogens with zero attached hydrogens (tertiary/aromatic N) is 2. The number of aryl methyl sites for hydroxylation is 1. The summed E-state index contributed by atoms with van der Waals surface area (Å²) in [6.45, 7) is 0.909. The molecule has 20 heavy (non-hydrogen) atoms. The summed E-state index contributed by atoms with van der Waals surface area (Å²) in [6, 6.07) is 6.26. The minimum absolute atomic E-state index is 0.0799. The van der Waals surface area contributed by atoms with Crippen LogP contribution in [0.4, 0.5) is 0 Å². The molecule has 5 nitrogen and oxygen atoms in total. The number of hydrogen-bond acceptors (Lipinski definition) is 4. The maximum absolute atomic E-state index is 5.48. The van der Waals surface area contributed by atoms with E-state index in [0.29, 0.717) is 0 Å². The molecule has 0 saturated carbocycles. The Kier molecular flexibility index (Phi) is 3.36. The first kappa shape index (κ1) is 13.0. The predicted octanol–water partition coefficient (Wildman–Crippen LogP) is 1.67. The van der Waals surface area contributed by atoms with Gasteiger partial charge in [0.05, 0.1) is 26.5 Å². The Balaban J connectivity index is 2.12. The predicted molar refractivity (Wildman–Crippen MR) is 76.3 cm³/mol. The zero-order valence-corrected chi connectivity index (χ0v) is 12.0. The van der Waals surface area contributed by atoms with Crippen LogP contribution in [-0.2, 0) is 13.5 Å². The highest BCUT2D eigenvalue weighted by molar-refractivity contribution is 5.48. The average Bonchev–Trinajstić information content (AvgIpc) is 2.86. The Morgan fingerprint density at radius 2 is 2.05 bits per heavy atom. The fourth-order valence-electron chi connectivity index (χ4n) is 2.92. The number of benzene rings is 1. The third-order valence-corrected chi connectivity index (χ3v) is 3.87. The van der Waals surface area contributed by atoms with Gasteiger partial charge >= 0.3 is 0 Å². The van der Waals surface area contributed by atoms with E-state index >= 15 is 0 Å². The first-order valence-electron chi connectivity index (χ1n) is 6.71. The first-order valence-corrected chi connectivity index (χ1v) is 6.71. The largest absolute Gasteiger partial charge is 0.496 e. The number of aromatic nitrogens is 2. The number of rotatable bonds is 3. The molecule has 5 heteroatoms. The van der Waals surface area contributed by atoms with Crippen molar-refractivity contribution in [3.05, 3.63) is 41.2 Å². The van der Waals surface area contributed by atoms with Gasteiger partial charge in [-0.2, -0.15) is 5.10 Å². The Bertz CT molecular complexity index is 622. The highest BCUT2D eigenvalue weighted by atomic mass is 16.5. The molecule has 0 bridgehead atoms. The van der Waals surface area contributed by atoms with Crippen LogP contribution in [0.1, 0.15) is 22.9 Å². The zero-order valence-electron chi connectivity index (χ0n) is 12.0. The summed E-state index contributed by atoms with van der Waals surface area (Å²) < 4.78 is 12.8. The minimum Gasteiger partial charge on any atom is -0.496 e. The maximum atomic E-state index is 5.48. The molecule has 0 fully saturated rings. The summed E-state index contributed by atoms with van der Waals surface area (Å²) in [4.78, 5) is 0. The smallest absolute Gasteiger partial charge is 0.161 e. The van der Waals surface area contributed by atoms with Crippen molar-refractivity contribution in [3.8, 4) is 11.5 Å². The Morgan fingerprint density at radius 3 is 2.80 bits per heavy atom. The van der Waals surface area contributed by atoms with Gasteiger partial charge in [0.25, 0.3) is 0 Å². The third-order valence-electron chi connectivity index (χ3n) is 3.87. The molecule has 1 N–H and O–H groups in total. The van der Waals surface area contributed by atoms with Crippen molar-refractivity contribution in [2.45, 2.75) is 12.5 Å². The van der Waals surface area contributed by atoms with Gasteiger partial charge in [-0.1, -0.05) is 12.1 Å². The van der Waals surface area contributed by atoms with Crippen molar-refractivity contribution in [1.82, 2.24) is 15.1 Å². The molecule has 1 aliphatic rings. The van der Waals surface area contributed by atoms with Gasteiger partial charge in [0.15, 0.2) is 5.75 Å². The van der Waals surface area contributed by atoms with E-state index in [1.54, 1.807) is 20.4 Å².